The van der Waals surface area contributed by atoms with E-state index in [-0.39, 0.29) is 24.1 Å². The lowest BCUT2D eigenvalue weighted by Crippen LogP contribution is -2.35. The van der Waals surface area contributed by atoms with Crippen LogP contribution in [0, 0.1) is 0 Å². The molecule has 0 unspecified atom stereocenters. The molecule has 9 heteroatoms. The molecule has 0 spiro atoms. The maximum Gasteiger partial charge on any atom is 0.366 e. The van der Waals surface area contributed by atoms with Crippen LogP contribution in [0.5, 0.6) is 0 Å². The molecule has 1 aromatic rings. The van der Waals surface area contributed by atoms with E-state index in [1.807, 2.05) is 5.43 Å². The van der Waals surface area contributed by atoms with Gasteiger partial charge in [-0.1, -0.05) is 12.1 Å². The highest BCUT2D eigenvalue weighted by Gasteiger charge is 2.33. The predicted molar refractivity (Wildman–Crippen MR) is 69.3 cm³/mol. The highest BCUT2D eigenvalue weighted by molar-refractivity contribution is 6.05. The molecule has 0 bridgehead atoms. The van der Waals surface area contributed by atoms with Gasteiger partial charge < -0.3 is 10.2 Å². The highest BCUT2D eigenvalue weighted by atomic mass is 16.7. The van der Waals surface area contributed by atoms with Crippen molar-refractivity contribution in [2.75, 3.05) is 5.32 Å². The van der Waals surface area contributed by atoms with Crippen molar-refractivity contribution in [2.24, 2.45) is 5.84 Å². The average molecular weight is 292 g/mol. The molecule has 4 amide bonds. The average Bonchev–Trinajstić information content (AvgIpc) is 2.79. The molecular weight excluding hydrogens is 280 g/mol. The van der Waals surface area contributed by atoms with Crippen LogP contribution in [-0.4, -0.2) is 28.9 Å². The molecule has 1 fully saturated rings. The van der Waals surface area contributed by atoms with Gasteiger partial charge in [-0.3, -0.25) is 15.0 Å². The van der Waals surface area contributed by atoms with Crippen LogP contribution in [0.4, 0.5) is 10.5 Å². The third kappa shape index (κ3) is 3.15. The van der Waals surface area contributed by atoms with Crippen molar-refractivity contribution in [2.45, 2.75) is 12.8 Å². The van der Waals surface area contributed by atoms with E-state index in [2.05, 4.69) is 5.32 Å². The molecule has 1 aliphatic rings. The van der Waals surface area contributed by atoms with E-state index < -0.39 is 23.8 Å². The first-order chi connectivity index (χ1) is 10.0. The number of nitrogens with one attached hydrogen (secondary N) is 2. The van der Waals surface area contributed by atoms with Crippen molar-refractivity contribution in [3.05, 3.63) is 29.8 Å². The number of anilines is 1. The number of para-hydroxylation sites is 1. The SMILES string of the molecule is NNC(=O)Nc1ccccc1C(=O)ON1C(=O)CCC1=O. The highest BCUT2D eigenvalue weighted by Crippen LogP contribution is 2.19. The smallest absolute Gasteiger partial charge is 0.325 e. The molecular formula is C12H12N4O5. The number of hydrogen-bond acceptors (Lipinski definition) is 6. The predicted octanol–water partition coefficient (Wildman–Crippen LogP) is -0.0974. The Hall–Kier alpha value is -2.94. The van der Waals surface area contributed by atoms with E-state index in [0.29, 0.717) is 5.06 Å². The standard InChI is InChI=1S/C12H12N4O5/c13-15-12(20)14-8-4-2-1-3-7(8)11(19)21-16-9(17)5-6-10(16)18/h1-4H,5-6,13H2,(H2,14,15,20). The molecule has 1 aromatic carbocycles. The zero-order valence-electron chi connectivity index (χ0n) is 10.8. The third-order valence-electron chi connectivity index (χ3n) is 2.71. The maximum atomic E-state index is 12.0. The normalized spacial score (nSPS) is 14.0. The number of carbonyl (C=O) groups is 4. The summed E-state index contributed by atoms with van der Waals surface area (Å²) in [5.41, 5.74) is 1.96. The molecule has 0 atom stereocenters. The molecule has 1 heterocycles. The Labute approximate surface area is 118 Å². The molecule has 1 aliphatic heterocycles. The Kier molecular flexibility index (Phi) is 4.14. The van der Waals surface area contributed by atoms with Gasteiger partial charge in [-0.15, -0.1) is 5.06 Å². The summed E-state index contributed by atoms with van der Waals surface area (Å²) in [4.78, 5) is 50.8. The lowest BCUT2D eigenvalue weighted by Gasteiger charge is -2.14. The fourth-order valence-corrected chi connectivity index (χ4v) is 1.72. The molecule has 0 radical (unpaired) electrons. The summed E-state index contributed by atoms with van der Waals surface area (Å²) >= 11 is 0. The fraction of sp³-hybridized carbons (Fsp3) is 0.167. The van der Waals surface area contributed by atoms with Crippen molar-refractivity contribution >= 4 is 29.5 Å². The van der Waals surface area contributed by atoms with Crippen molar-refractivity contribution in [3.8, 4) is 0 Å². The third-order valence-corrected chi connectivity index (χ3v) is 2.71. The lowest BCUT2D eigenvalue weighted by molar-refractivity contribution is -0.172. The van der Waals surface area contributed by atoms with Crippen LogP contribution in [0.25, 0.3) is 0 Å². The second-order valence-corrected chi connectivity index (χ2v) is 4.10. The number of hydrazine groups is 1. The van der Waals surface area contributed by atoms with Crippen molar-refractivity contribution in [3.63, 3.8) is 0 Å². The van der Waals surface area contributed by atoms with E-state index in [1.54, 1.807) is 6.07 Å². The summed E-state index contributed by atoms with van der Waals surface area (Å²) < 4.78 is 0. The van der Waals surface area contributed by atoms with E-state index >= 15 is 0 Å². The fourth-order valence-electron chi connectivity index (χ4n) is 1.72. The Morgan fingerprint density at radius 1 is 1.14 bits per heavy atom. The van der Waals surface area contributed by atoms with Gasteiger partial charge in [0.1, 0.15) is 0 Å². The van der Waals surface area contributed by atoms with Crippen molar-refractivity contribution in [1.82, 2.24) is 10.5 Å². The summed E-state index contributed by atoms with van der Waals surface area (Å²) in [7, 11) is 0. The number of urea groups is 1. The number of amides is 4. The van der Waals surface area contributed by atoms with Crippen LogP contribution in [0.3, 0.4) is 0 Å². The van der Waals surface area contributed by atoms with Crippen LogP contribution in [0.2, 0.25) is 0 Å². The summed E-state index contributed by atoms with van der Waals surface area (Å²) in [6.45, 7) is 0. The summed E-state index contributed by atoms with van der Waals surface area (Å²) in [5.74, 6) is 2.83. The van der Waals surface area contributed by atoms with E-state index in [0.717, 1.165) is 0 Å². The van der Waals surface area contributed by atoms with Gasteiger partial charge in [-0.2, -0.15) is 0 Å². The Morgan fingerprint density at radius 2 is 1.76 bits per heavy atom. The first-order valence-electron chi connectivity index (χ1n) is 5.97. The van der Waals surface area contributed by atoms with Gasteiger partial charge in [0, 0.05) is 12.8 Å². The number of nitrogens with zero attached hydrogens (tertiary/aromatic N) is 1. The topological polar surface area (TPSA) is 131 Å². The molecule has 4 N–H and O–H groups in total. The second kappa shape index (κ2) is 6.01. The molecule has 110 valence electrons. The van der Waals surface area contributed by atoms with Crippen molar-refractivity contribution < 1.29 is 24.0 Å². The van der Waals surface area contributed by atoms with Gasteiger partial charge in [0.05, 0.1) is 11.3 Å². The quantitative estimate of drug-likeness (QED) is 0.308. The molecule has 0 aromatic heterocycles. The van der Waals surface area contributed by atoms with Crippen LogP contribution in [0.15, 0.2) is 24.3 Å². The maximum absolute atomic E-state index is 12.0. The first kappa shape index (κ1) is 14.5. The minimum atomic E-state index is -0.938. The zero-order valence-corrected chi connectivity index (χ0v) is 10.8. The lowest BCUT2D eigenvalue weighted by atomic mass is 10.2. The Morgan fingerprint density at radius 3 is 2.38 bits per heavy atom. The molecule has 21 heavy (non-hydrogen) atoms. The van der Waals surface area contributed by atoms with E-state index in [4.69, 9.17) is 10.7 Å². The Balaban J connectivity index is 2.17. The summed E-state index contributed by atoms with van der Waals surface area (Å²) in [6.07, 6.45) is 0.00315. The molecule has 9 nitrogen and oxygen atoms in total. The summed E-state index contributed by atoms with van der Waals surface area (Å²) in [5, 5.41) is 2.76. The molecule has 1 saturated heterocycles. The largest absolute Gasteiger partial charge is 0.366 e. The van der Waals surface area contributed by atoms with Crippen LogP contribution < -0.4 is 16.6 Å². The molecule has 2 rings (SSSR count). The van der Waals surface area contributed by atoms with Crippen LogP contribution in [-0.2, 0) is 14.4 Å². The number of carbonyl (C=O) groups excluding carboxylic acids is 4. The van der Waals surface area contributed by atoms with Crippen molar-refractivity contribution in [1.29, 1.82) is 0 Å². The first-order valence-corrected chi connectivity index (χ1v) is 5.97. The van der Waals surface area contributed by atoms with E-state index in [9.17, 15) is 19.2 Å². The minimum Gasteiger partial charge on any atom is -0.325 e. The van der Waals surface area contributed by atoms with Gasteiger partial charge in [-0.05, 0) is 12.1 Å². The minimum absolute atomic E-state index is 0.00158. The number of imide groups is 1. The number of benzene rings is 1. The number of hydroxylamine groups is 2. The van der Waals surface area contributed by atoms with Crippen LogP contribution in [0.1, 0.15) is 23.2 Å². The monoisotopic (exact) mass is 292 g/mol. The summed E-state index contributed by atoms with van der Waals surface area (Å²) in [6, 6.07) is 5.20. The Bertz CT molecular complexity index is 599. The van der Waals surface area contributed by atoms with Gasteiger partial charge >= 0.3 is 12.0 Å². The number of hydrogen-bond donors (Lipinski definition) is 3. The van der Waals surface area contributed by atoms with Gasteiger partial charge in [0.2, 0.25) is 0 Å². The number of nitrogens with two attached hydrogens (primary N) is 1. The molecule has 0 aliphatic carbocycles. The van der Waals surface area contributed by atoms with E-state index in [1.165, 1.54) is 18.2 Å². The molecule has 0 saturated carbocycles. The second-order valence-electron chi connectivity index (χ2n) is 4.10. The zero-order chi connectivity index (χ0) is 15.4. The van der Waals surface area contributed by atoms with Gasteiger partial charge in [0.25, 0.3) is 11.8 Å². The number of rotatable bonds is 3. The van der Waals surface area contributed by atoms with Crippen LogP contribution >= 0.6 is 0 Å². The van der Waals surface area contributed by atoms with Gasteiger partial charge in [-0.25, -0.2) is 15.4 Å². The van der Waals surface area contributed by atoms with Gasteiger partial charge in [0.15, 0.2) is 0 Å².